The molecule has 11 heavy (non-hydrogen) atoms. The Balaban J connectivity index is 2.64. The molecule has 1 rings (SSSR count). The molecule has 0 atom stereocenters. The molecule has 2 nitrogen and oxygen atoms in total. The van der Waals surface area contributed by atoms with Gasteiger partial charge in [0, 0.05) is 7.11 Å². The van der Waals surface area contributed by atoms with Crippen LogP contribution in [0.25, 0.3) is 0 Å². The van der Waals surface area contributed by atoms with Crippen LogP contribution in [0, 0.1) is 0 Å². The lowest BCUT2D eigenvalue weighted by Gasteiger charge is -2.33. The van der Waals surface area contributed by atoms with Crippen molar-refractivity contribution in [3.8, 4) is 0 Å². The van der Waals surface area contributed by atoms with Gasteiger partial charge in [-0.2, -0.15) is 0 Å². The van der Waals surface area contributed by atoms with Crippen molar-refractivity contribution in [2.45, 2.75) is 44.6 Å². The quantitative estimate of drug-likeness (QED) is 0.610. The Bertz CT molecular complexity index is 146. The number of rotatable bonds is 2. The molecule has 0 aliphatic heterocycles. The summed E-state index contributed by atoms with van der Waals surface area (Å²) in [6.07, 6.45) is 5.34. The number of hydrogen-bond donors (Lipinski definition) is 0. The molecule has 0 N–H and O–H groups in total. The largest absolute Gasteiger partial charge is 0.370 e. The second kappa shape index (κ2) is 3.35. The van der Waals surface area contributed by atoms with E-state index in [0.717, 1.165) is 25.7 Å². The van der Waals surface area contributed by atoms with Crippen LogP contribution in [0.1, 0.15) is 39.0 Å². The summed E-state index contributed by atoms with van der Waals surface area (Å²) in [5.41, 5.74) is -0.418. The van der Waals surface area contributed by atoms with Crippen LogP contribution < -0.4 is 0 Å². The maximum atomic E-state index is 11.2. The Morgan fingerprint density at radius 2 is 1.82 bits per heavy atom. The molecule has 0 radical (unpaired) electrons. The van der Waals surface area contributed by atoms with E-state index in [9.17, 15) is 4.79 Å². The minimum atomic E-state index is -0.418. The van der Waals surface area contributed by atoms with Gasteiger partial charge in [-0.1, -0.05) is 19.3 Å². The molecule has 0 saturated heterocycles. The Morgan fingerprint density at radius 1 is 1.27 bits per heavy atom. The van der Waals surface area contributed by atoms with Crippen molar-refractivity contribution in [1.29, 1.82) is 0 Å². The van der Waals surface area contributed by atoms with Crippen molar-refractivity contribution in [2.24, 2.45) is 0 Å². The first-order valence-corrected chi connectivity index (χ1v) is 4.27. The van der Waals surface area contributed by atoms with Crippen LogP contribution in [0.2, 0.25) is 0 Å². The molecule has 0 aromatic carbocycles. The highest BCUT2D eigenvalue weighted by Crippen LogP contribution is 2.31. The van der Waals surface area contributed by atoms with Crippen LogP contribution in [0.5, 0.6) is 0 Å². The normalized spacial score (nSPS) is 23.1. The average Bonchev–Trinajstić information content (AvgIpc) is 2.05. The standard InChI is InChI=1S/C9H16O2/c1-8(10)9(11-2)6-4-3-5-7-9/h3-7H2,1-2H3. The summed E-state index contributed by atoms with van der Waals surface area (Å²) in [5, 5.41) is 0. The number of hydrogen-bond acceptors (Lipinski definition) is 2. The zero-order valence-electron chi connectivity index (χ0n) is 7.35. The maximum absolute atomic E-state index is 11.2. The van der Waals surface area contributed by atoms with Crippen LogP contribution in [-0.4, -0.2) is 18.5 Å². The monoisotopic (exact) mass is 156 g/mol. The number of ether oxygens (including phenoxy) is 1. The average molecular weight is 156 g/mol. The van der Waals surface area contributed by atoms with Gasteiger partial charge in [0.1, 0.15) is 5.60 Å². The number of carbonyl (C=O) groups excluding carboxylic acids is 1. The highest BCUT2D eigenvalue weighted by molar-refractivity contribution is 5.85. The molecule has 0 aromatic heterocycles. The molecule has 1 aliphatic carbocycles. The van der Waals surface area contributed by atoms with Crippen molar-refractivity contribution >= 4 is 5.78 Å². The topological polar surface area (TPSA) is 26.3 Å². The van der Waals surface area contributed by atoms with Gasteiger partial charge >= 0.3 is 0 Å². The van der Waals surface area contributed by atoms with Crippen molar-refractivity contribution in [3.05, 3.63) is 0 Å². The molecule has 64 valence electrons. The van der Waals surface area contributed by atoms with Crippen molar-refractivity contribution in [3.63, 3.8) is 0 Å². The summed E-state index contributed by atoms with van der Waals surface area (Å²) in [7, 11) is 1.65. The minimum absolute atomic E-state index is 0.194. The second-order valence-electron chi connectivity index (χ2n) is 3.32. The van der Waals surface area contributed by atoms with Gasteiger partial charge in [0.15, 0.2) is 5.78 Å². The number of carbonyl (C=O) groups is 1. The van der Waals surface area contributed by atoms with Gasteiger partial charge in [-0.05, 0) is 19.8 Å². The zero-order valence-corrected chi connectivity index (χ0v) is 7.35. The van der Waals surface area contributed by atoms with E-state index in [4.69, 9.17) is 4.74 Å². The third kappa shape index (κ3) is 1.62. The van der Waals surface area contributed by atoms with Gasteiger partial charge in [0.05, 0.1) is 0 Å². The van der Waals surface area contributed by atoms with Crippen LogP contribution in [0.3, 0.4) is 0 Å². The molecular weight excluding hydrogens is 140 g/mol. The predicted molar refractivity (Wildman–Crippen MR) is 43.5 cm³/mol. The van der Waals surface area contributed by atoms with Gasteiger partial charge in [-0.15, -0.1) is 0 Å². The van der Waals surface area contributed by atoms with Gasteiger partial charge in [-0.25, -0.2) is 0 Å². The number of methoxy groups -OCH3 is 1. The Labute approximate surface area is 67.9 Å². The van der Waals surface area contributed by atoms with Crippen LogP contribution in [-0.2, 0) is 9.53 Å². The smallest absolute Gasteiger partial charge is 0.161 e. The summed E-state index contributed by atoms with van der Waals surface area (Å²) in [4.78, 5) is 11.2. The third-order valence-electron chi connectivity index (χ3n) is 2.69. The second-order valence-corrected chi connectivity index (χ2v) is 3.32. The van der Waals surface area contributed by atoms with E-state index in [1.807, 2.05) is 0 Å². The summed E-state index contributed by atoms with van der Waals surface area (Å²) < 4.78 is 5.29. The van der Waals surface area contributed by atoms with E-state index >= 15 is 0 Å². The van der Waals surface area contributed by atoms with Crippen LogP contribution in [0.4, 0.5) is 0 Å². The zero-order chi connectivity index (χ0) is 8.32. The molecule has 0 amide bonds. The first-order chi connectivity index (χ1) is 5.21. The summed E-state index contributed by atoms with van der Waals surface area (Å²) in [6, 6.07) is 0. The molecule has 0 heterocycles. The fraction of sp³-hybridized carbons (Fsp3) is 0.889. The lowest BCUT2D eigenvalue weighted by Crippen LogP contribution is -2.40. The summed E-state index contributed by atoms with van der Waals surface area (Å²) in [5.74, 6) is 0.194. The molecule has 1 aliphatic rings. The summed E-state index contributed by atoms with van der Waals surface area (Å²) >= 11 is 0. The molecular formula is C9H16O2. The Morgan fingerprint density at radius 3 is 2.09 bits per heavy atom. The third-order valence-corrected chi connectivity index (χ3v) is 2.69. The van der Waals surface area contributed by atoms with Gasteiger partial charge < -0.3 is 4.74 Å². The molecule has 0 aromatic rings. The molecule has 0 spiro atoms. The molecule has 2 heteroatoms. The van der Waals surface area contributed by atoms with Crippen LogP contribution in [0.15, 0.2) is 0 Å². The predicted octanol–water partition coefficient (Wildman–Crippen LogP) is 1.92. The van der Waals surface area contributed by atoms with Gasteiger partial charge in [0.25, 0.3) is 0 Å². The van der Waals surface area contributed by atoms with Gasteiger partial charge in [0.2, 0.25) is 0 Å². The maximum Gasteiger partial charge on any atom is 0.161 e. The van der Waals surface area contributed by atoms with E-state index in [1.165, 1.54) is 6.42 Å². The summed E-state index contributed by atoms with van der Waals surface area (Å²) in [6.45, 7) is 1.63. The lowest BCUT2D eigenvalue weighted by atomic mass is 9.82. The van der Waals surface area contributed by atoms with E-state index < -0.39 is 5.60 Å². The van der Waals surface area contributed by atoms with Crippen LogP contribution >= 0.6 is 0 Å². The van der Waals surface area contributed by atoms with E-state index in [0.29, 0.717) is 0 Å². The van der Waals surface area contributed by atoms with Crippen molar-refractivity contribution in [1.82, 2.24) is 0 Å². The Hall–Kier alpha value is -0.370. The van der Waals surface area contributed by atoms with E-state index in [1.54, 1.807) is 14.0 Å². The van der Waals surface area contributed by atoms with Crippen molar-refractivity contribution < 1.29 is 9.53 Å². The minimum Gasteiger partial charge on any atom is -0.370 e. The molecule has 0 bridgehead atoms. The van der Waals surface area contributed by atoms with E-state index in [2.05, 4.69) is 0 Å². The fourth-order valence-electron chi connectivity index (χ4n) is 1.82. The number of Topliss-reactive ketones (excluding diaryl/α,β-unsaturated/α-hetero) is 1. The van der Waals surface area contributed by atoms with Crippen molar-refractivity contribution in [2.75, 3.05) is 7.11 Å². The highest BCUT2D eigenvalue weighted by Gasteiger charge is 2.36. The lowest BCUT2D eigenvalue weighted by molar-refractivity contribution is -0.142. The molecule has 1 fully saturated rings. The van der Waals surface area contributed by atoms with Gasteiger partial charge in [-0.3, -0.25) is 4.79 Å². The Kier molecular flexibility index (Phi) is 2.66. The SMILES string of the molecule is COC1(C(C)=O)CCCCC1. The molecule has 1 saturated carbocycles. The first-order valence-electron chi connectivity index (χ1n) is 4.27. The molecule has 0 unspecified atom stereocenters. The number of ketones is 1. The highest BCUT2D eigenvalue weighted by atomic mass is 16.5. The van der Waals surface area contributed by atoms with E-state index in [-0.39, 0.29) is 5.78 Å². The fourth-order valence-corrected chi connectivity index (χ4v) is 1.82. The first kappa shape index (κ1) is 8.72.